The van der Waals surface area contributed by atoms with Crippen LogP contribution in [0.3, 0.4) is 0 Å². The maximum absolute atomic E-state index is 5.56. The number of nitrogens with zero attached hydrogens (tertiary/aromatic N) is 2. The lowest BCUT2D eigenvalue weighted by molar-refractivity contribution is 1.10. The molecule has 5 nitrogen and oxygen atoms in total. The highest BCUT2D eigenvalue weighted by molar-refractivity contribution is 5.92. The van der Waals surface area contributed by atoms with Crippen molar-refractivity contribution in [3.05, 3.63) is 30.6 Å². The molecule has 0 aliphatic heterocycles. The van der Waals surface area contributed by atoms with E-state index in [0.717, 1.165) is 22.3 Å². The molecule has 3 rings (SSSR count). The fraction of sp³-hybridized carbons (Fsp3) is 0. The number of pyridine rings is 1. The lowest BCUT2D eigenvalue weighted by Crippen LogP contribution is -1.81. The van der Waals surface area contributed by atoms with Crippen LogP contribution in [0, 0.1) is 0 Å². The number of fused-ring (bicyclic) bond motifs is 1. The topological polar surface area (TPSA) is 83.4 Å². The molecule has 0 unspecified atom stereocenters. The second-order valence-corrected chi connectivity index (χ2v) is 3.31. The average Bonchev–Trinajstić information content (AvgIpc) is 2.83. The zero-order valence-electron chi connectivity index (χ0n) is 7.86. The van der Waals surface area contributed by atoms with Gasteiger partial charge in [0.05, 0.1) is 5.69 Å². The molecular formula is C10H9N5. The Bertz CT molecular complexity index is 607. The van der Waals surface area contributed by atoms with Crippen molar-refractivity contribution < 1.29 is 0 Å². The van der Waals surface area contributed by atoms with E-state index in [1.165, 1.54) is 0 Å². The number of rotatable bonds is 1. The minimum Gasteiger partial charge on any atom is -0.382 e. The van der Waals surface area contributed by atoms with E-state index in [0.29, 0.717) is 5.82 Å². The van der Waals surface area contributed by atoms with Gasteiger partial charge < -0.3 is 10.7 Å². The fourth-order valence-corrected chi connectivity index (χ4v) is 1.65. The number of aromatic nitrogens is 4. The molecule has 5 heteroatoms. The van der Waals surface area contributed by atoms with Crippen LogP contribution < -0.4 is 5.73 Å². The van der Waals surface area contributed by atoms with Gasteiger partial charge in [0.2, 0.25) is 0 Å². The van der Waals surface area contributed by atoms with Gasteiger partial charge in [0.1, 0.15) is 11.5 Å². The van der Waals surface area contributed by atoms with Crippen molar-refractivity contribution in [3.63, 3.8) is 0 Å². The quantitative estimate of drug-likeness (QED) is 0.555. The zero-order chi connectivity index (χ0) is 10.3. The van der Waals surface area contributed by atoms with E-state index in [1.807, 2.05) is 18.3 Å². The van der Waals surface area contributed by atoms with E-state index in [-0.39, 0.29) is 0 Å². The summed E-state index contributed by atoms with van der Waals surface area (Å²) in [6.07, 6.45) is 3.65. The predicted molar refractivity (Wildman–Crippen MR) is 58.1 cm³/mol. The molecule has 3 aromatic rings. The minimum atomic E-state index is 0.489. The predicted octanol–water partition coefficient (Wildman–Crippen LogP) is 1.54. The standard InChI is InChI=1S/C10H9N5/c11-9-4-8(14-15-9)7-5-13-10-6(7)2-1-3-12-10/h1-5H,(H,12,13)(H3,11,14,15). The van der Waals surface area contributed by atoms with Crippen LogP contribution in [0.15, 0.2) is 30.6 Å². The van der Waals surface area contributed by atoms with Crippen molar-refractivity contribution in [3.8, 4) is 11.3 Å². The third-order valence-corrected chi connectivity index (χ3v) is 2.34. The van der Waals surface area contributed by atoms with Gasteiger partial charge in [-0.3, -0.25) is 5.10 Å². The monoisotopic (exact) mass is 199 g/mol. The van der Waals surface area contributed by atoms with Crippen molar-refractivity contribution in [1.82, 2.24) is 20.2 Å². The van der Waals surface area contributed by atoms with Crippen LogP contribution in [-0.2, 0) is 0 Å². The first-order valence-electron chi connectivity index (χ1n) is 4.58. The molecule has 3 aromatic heterocycles. The van der Waals surface area contributed by atoms with Gasteiger partial charge in [-0.1, -0.05) is 0 Å². The summed E-state index contributed by atoms with van der Waals surface area (Å²) >= 11 is 0. The Morgan fingerprint density at radius 2 is 2.27 bits per heavy atom. The number of nitrogens with one attached hydrogen (secondary N) is 2. The second kappa shape index (κ2) is 2.84. The Balaban J connectivity index is 2.27. The summed E-state index contributed by atoms with van der Waals surface area (Å²) in [5.74, 6) is 0.489. The number of hydrogen-bond acceptors (Lipinski definition) is 3. The van der Waals surface area contributed by atoms with Gasteiger partial charge in [0, 0.05) is 29.4 Å². The fourth-order valence-electron chi connectivity index (χ4n) is 1.65. The van der Waals surface area contributed by atoms with Crippen molar-refractivity contribution in [2.75, 3.05) is 5.73 Å². The molecule has 0 amide bonds. The molecule has 0 aliphatic carbocycles. The lowest BCUT2D eigenvalue weighted by Gasteiger charge is -1.92. The Morgan fingerprint density at radius 3 is 3.07 bits per heavy atom. The minimum absolute atomic E-state index is 0.489. The lowest BCUT2D eigenvalue weighted by atomic mass is 10.1. The Labute approximate surface area is 85.3 Å². The molecule has 0 spiro atoms. The van der Waals surface area contributed by atoms with Crippen LogP contribution in [0.1, 0.15) is 0 Å². The molecule has 0 radical (unpaired) electrons. The van der Waals surface area contributed by atoms with Crippen LogP contribution in [0.2, 0.25) is 0 Å². The van der Waals surface area contributed by atoms with Gasteiger partial charge in [0.15, 0.2) is 0 Å². The van der Waals surface area contributed by atoms with Gasteiger partial charge in [0.25, 0.3) is 0 Å². The first kappa shape index (κ1) is 8.05. The Kier molecular flexibility index (Phi) is 1.53. The molecule has 0 saturated carbocycles. The van der Waals surface area contributed by atoms with Gasteiger partial charge in [-0.15, -0.1) is 0 Å². The molecular weight excluding hydrogens is 190 g/mol. The molecule has 0 saturated heterocycles. The van der Waals surface area contributed by atoms with Crippen molar-refractivity contribution in [1.29, 1.82) is 0 Å². The summed E-state index contributed by atoms with van der Waals surface area (Å²) in [5, 5.41) is 7.83. The molecule has 3 heterocycles. The maximum Gasteiger partial charge on any atom is 0.145 e. The SMILES string of the molecule is Nc1cc(-c2c[nH]c3ncccc23)[nH]n1. The molecule has 74 valence electrons. The summed E-state index contributed by atoms with van der Waals surface area (Å²) < 4.78 is 0. The van der Waals surface area contributed by atoms with Crippen LogP contribution in [0.5, 0.6) is 0 Å². The summed E-state index contributed by atoms with van der Waals surface area (Å²) in [6.45, 7) is 0. The highest BCUT2D eigenvalue weighted by Crippen LogP contribution is 2.26. The summed E-state index contributed by atoms with van der Waals surface area (Å²) in [7, 11) is 0. The zero-order valence-corrected chi connectivity index (χ0v) is 7.86. The van der Waals surface area contributed by atoms with Crippen molar-refractivity contribution in [2.24, 2.45) is 0 Å². The Morgan fingerprint density at radius 1 is 1.33 bits per heavy atom. The maximum atomic E-state index is 5.56. The van der Waals surface area contributed by atoms with Crippen LogP contribution >= 0.6 is 0 Å². The third-order valence-electron chi connectivity index (χ3n) is 2.34. The normalized spacial score (nSPS) is 10.9. The first-order valence-corrected chi connectivity index (χ1v) is 4.58. The molecule has 0 atom stereocenters. The van der Waals surface area contributed by atoms with Crippen molar-refractivity contribution >= 4 is 16.9 Å². The molecule has 4 N–H and O–H groups in total. The van der Waals surface area contributed by atoms with E-state index in [4.69, 9.17) is 5.73 Å². The second-order valence-electron chi connectivity index (χ2n) is 3.31. The molecule has 0 aliphatic rings. The van der Waals surface area contributed by atoms with E-state index < -0.39 is 0 Å². The molecule has 0 fully saturated rings. The van der Waals surface area contributed by atoms with Gasteiger partial charge in [-0.2, -0.15) is 5.10 Å². The highest BCUT2D eigenvalue weighted by Gasteiger charge is 2.07. The molecule has 15 heavy (non-hydrogen) atoms. The summed E-state index contributed by atoms with van der Waals surface area (Å²) in [5.41, 5.74) is 8.35. The van der Waals surface area contributed by atoms with E-state index >= 15 is 0 Å². The van der Waals surface area contributed by atoms with Gasteiger partial charge in [-0.25, -0.2) is 4.98 Å². The number of nitrogen functional groups attached to an aromatic ring is 1. The molecule has 0 bridgehead atoms. The van der Waals surface area contributed by atoms with Crippen LogP contribution in [0.25, 0.3) is 22.3 Å². The Hall–Kier alpha value is -2.30. The van der Waals surface area contributed by atoms with Crippen LogP contribution in [-0.4, -0.2) is 20.2 Å². The molecule has 0 aromatic carbocycles. The third kappa shape index (κ3) is 1.17. The smallest absolute Gasteiger partial charge is 0.145 e. The van der Waals surface area contributed by atoms with Gasteiger partial charge in [-0.05, 0) is 12.1 Å². The number of anilines is 1. The number of H-pyrrole nitrogens is 2. The summed E-state index contributed by atoms with van der Waals surface area (Å²) in [4.78, 5) is 7.31. The van der Waals surface area contributed by atoms with E-state index in [2.05, 4.69) is 20.2 Å². The van der Waals surface area contributed by atoms with Crippen LogP contribution in [0.4, 0.5) is 5.82 Å². The highest BCUT2D eigenvalue weighted by atomic mass is 15.2. The average molecular weight is 199 g/mol. The number of hydrogen-bond donors (Lipinski definition) is 3. The van der Waals surface area contributed by atoms with E-state index in [1.54, 1.807) is 12.3 Å². The number of aromatic amines is 2. The van der Waals surface area contributed by atoms with Crippen molar-refractivity contribution in [2.45, 2.75) is 0 Å². The van der Waals surface area contributed by atoms with E-state index in [9.17, 15) is 0 Å². The van der Waals surface area contributed by atoms with Gasteiger partial charge >= 0.3 is 0 Å². The number of nitrogens with two attached hydrogens (primary N) is 1. The summed E-state index contributed by atoms with van der Waals surface area (Å²) in [6, 6.07) is 5.71. The largest absolute Gasteiger partial charge is 0.382 e. The first-order chi connectivity index (χ1) is 7.34.